The van der Waals surface area contributed by atoms with Crippen LogP contribution in [0, 0.1) is 11.8 Å². The number of likely N-dealkylation sites (tertiary alicyclic amines) is 1. The third kappa shape index (κ3) is 13.7. The van der Waals surface area contributed by atoms with E-state index in [1.54, 1.807) is 46.1 Å². The van der Waals surface area contributed by atoms with Gasteiger partial charge in [-0.25, -0.2) is 4.79 Å². The van der Waals surface area contributed by atoms with Crippen LogP contribution in [0.25, 0.3) is 0 Å². The topological polar surface area (TPSA) is 258 Å². The molecule has 6 atom stereocenters. The van der Waals surface area contributed by atoms with Gasteiger partial charge in [0.1, 0.15) is 36.0 Å². The molecule has 1 aliphatic rings. The number of carbonyl (C=O) groups excluding carboxylic acids is 5. The third-order valence-corrected chi connectivity index (χ3v) is 9.02. The highest BCUT2D eigenvalue weighted by Crippen LogP contribution is 2.20. The molecule has 9 N–H and O–H groups in total. The number of nitrogens with zero attached hydrogens (tertiary/aromatic N) is 1. The molecule has 0 aliphatic carbocycles. The van der Waals surface area contributed by atoms with Crippen molar-refractivity contribution in [2.24, 2.45) is 17.6 Å². The maximum atomic E-state index is 13.6. The molecule has 284 valence electrons. The van der Waals surface area contributed by atoms with Crippen LogP contribution in [0.3, 0.4) is 0 Å². The number of benzene rings is 1. The Bertz CT molecular complexity index is 1390. The molecule has 0 spiro atoms. The molecule has 17 heteroatoms. The van der Waals surface area contributed by atoms with Gasteiger partial charge in [0.25, 0.3) is 0 Å². The van der Waals surface area contributed by atoms with Crippen molar-refractivity contribution in [3.8, 4) is 5.75 Å². The number of rotatable bonds is 20. The number of thioether (sulfide) groups is 1. The summed E-state index contributed by atoms with van der Waals surface area (Å²) in [6.45, 7) is 7.05. The first-order valence-electron chi connectivity index (χ1n) is 16.9. The van der Waals surface area contributed by atoms with Gasteiger partial charge in [-0.05, 0) is 73.6 Å². The number of amides is 5. The number of carboxylic acid groups (broad SMARTS) is 2. The average molecular weight is 737 g/mol. The Balaban J connectivity index is 2.20. The van der Waals surface area contributed by atoms with Gasteiger partial charge in [-0.3, -0.25) is 28.8 Å². The van der Waals surface area contributed by atoms with Crippen molar-refractivity contribution >= 4 is 53.2 Å². The predicted molar refractivity (Wildman–Crippen MR) is 189 cm³/mol. The minimum absolute atomic E-state index is 0.0698. The summed E-state index contributed by atoms with van der Waals surface area (Å²) in [5.41, 5.74) is 6.93. The van der Waals surface area contributed by atoms with Gasteiger partial charge in [0.05, 0.1) is 12.5 Å². The quantitative estimate of drug-likeness (QED) is 0.0894. The number of phenolic OH excluding ortho intramolecular Hbond substituents is 1. The molecule has 1 aromatic carbocycles. The van der Waals surface area contributed by atoms with Crippen molar-refractivity contribution < 1.29 is 48.9 Å². The van der Waals surface area contributed by atoms with Gasteiger partial charge in [-0.15, -0.1) is 0 Å². The lowest BCUT2D eigenvalue weighted by atomic mass is 10.00. The zero-order chi connectivity index (χ0) is 38.4. The van der Waals surface area contributed by atoms with E-state index < -0.39 is 90.1 Å². The lowest BCUT2D eigenvalue weighted by Crippen LogP contribution is -2.59. The highest BCUT2D eigenvalue weighted by molar-refractivity contribution is 7.98. The van der Waals surface area contributed by atoms with Crippen LogP contribution in [0.2, 0.25) is 0 Å². The Morgan fingerprint density at radius 2 is 1.47 bits per heavy atom. The number of carbonyl (C=O) groups is 7. The second kappa shape index (κ2) is 20.5. The maximum absolute atomic E-state index is 13.6. The monoisotopic (exact) mass is 736 g/mol. The first kappa shape index (κ1) is 42.8. The van der Waals surface area contributed by atoms with Gasteiger partial charge < -0.3 is 47.2 Å². The van der Waals surface area contributed by atoms with Crippen molar-refractivity contribution in [2.75, 3.05) is 18.6 Å². The van der Waals surface area contributed by atoms with E-state index in [9.17, 15) is 48.9 Å². The summed E-state index contributed by atoms with van der Waals surface area (Å²) in [4.78, 5) is 91.7. The summed E-state index contributed by atoms with van der Waals surface area (Å²) >= 11 is 1.39. The standard InChI is InChI=1S/C34H52N6O10S/c1-18(2)15-24(31(46)39-28(19(3)4)34(49)50)37-30(45)25(17-27(42)43)38-29(44)23(12-14-51-5)36-32(47)26-7-6-13-40(26)33(48)22(35)16-20-8-10-21(41)11-9-20/h8-11,18-19,22-26,28,41H,6-7,12-17,35H2,1-5H3,(H,36,47)(H,37,45)(H,38,44)(H,39,46)(H,42,43)(H,49,50)/t22-,23-,24-,25-,26-,28-/m0/s1. The molecule has 1 fully saturated rings. The molecule has 0 unspecified atom stereocenters. The fourth-order valence-electron chi connectivity index (χ4n) is 5.66. The van der Waals surface area contributed by atoms with Gasteiger partial charge >= 0.3 is 11.9 Å². The minimum Gasteiger partial charge on any atom is -0.508 e. The van der Waals surface area contributed by atoms with Gasteiger partial charge in [0.15, 0.2) is 0 Å². The van der Waals surface area contributed by atoms with E-state index >= 15 is 0 Å². The number of nitrogens with one attached hydrogen (secondary N) is 4. The summed E-state index contributed by atoms with van der Waals surface area (Å²) in [6, 6.07) is -0.942. The van der Waals surface area contributed by atoms with E-state index in [1.807, 2.05) is 0 Å². The fraction of sp³-hybridized carbons (Fsp3) is 0.618. The number of hydrogen-bond donors (Lipinski definition) is 8. The first-order chi connectivity index (χ1) is 23.9. The van der Waals surface area contributed by atoms with Gasteiger partial charge in [-0.2, -0.15) is 11.8 Å². The zero-order valence-corrected chi connectivity index (χ0v) is 30.5. The van der Waals surface area contributed by atoms with Crippen LogP contribution in [0.5, 0.6) is 5.75 Å². The van der Waals surface area contributed by atoms with Crippen LogP contribution in [0.15, 0.2) is 24.3 Å². The van der Waals surface area contributed by atoms with E-state index in [0.29, 0.717) is 18.6 Å². The number of aromatic hydroxyl groups is 1. The summed E-state index contributed by atoms with van der Waals surface area (Å²) in [7, 11) is 0. The summed E-state index contributed by atoms with van der Waals surface area (Å²) in [5.74, 6) is -6.45. The van der Waals surface area contributed by atoms with Crippen molar-refractivity contribution in [3.05, 3.63) is 29.8 Å². The predicted octanol–water partition coefficient (Wildman–Crippen LogP) is 0.207. The molecule has 5 amide bonds. The van der Waals surface area contributed by atoms with E-state index in [0.717, 1.165) is 5.56 Å². The number of phenols is 1. The number of hydrogen-bond acceptors (Lipinski definition) is 10. The molecule has 16 nitrogen and oxygen atoms in total. The van der Waals surface area contributed by atoms with Crippen molar-refractivity contribution in [2.45, 2.75) is 102 Å². The Kier molecular flexibility index (Phi) is 17.2. The Morgan fingerprint density at radius 3 is 2.02 bits per heavy atom. The molecule has 2 rings (SSSR count). The molecule has 0 bridgehead atoms. The molecule has 0 aromatic heterocycles. The lowest BCUT2D eigenvalue weighted by molar-refractivity contribution is -0.144. The highest BCUT2D eigenvalue weighted by atomic mass is 32.2. The zero-order valence-electron chi connectivity index (χ0n) is 29.7. The largest absolute Gasteiger partial charge is 0.508 e. The van der Waals surface area contributed by atoms with Crippen LogP contribution in [-0.2, 0) is 40.0 Å². The van der Waals surface area contributed by atoms with E-state index in [1.165, 1.54) is 28.8 Å². The van der Waals surface area contributed by atoms with Crippen molar-refractivity contribution in [1.82, 2.24) is 26.2 Å². The van der Waals surface area contributed by atoms with Crippen LogP contribution < -0.4 is 27.0 Å². The SMILES string of the molecule is CSCC[C@H](NC(=O)[C@@H]1CCCN1C(=O)[C@@H](N)Cc1ccc(O)cc1)C(=O)N[C@@H](CC(=O)O)C(=O)N[C@@H](CC(C)C)C(=O)N[C@H](C(=O)O)C(C)C. The summed E-state index contributed by atoms with van der Waals surface area (Å²) in [6.07, 6.45) is 2.18. The van der Waals surface area contributed by atoms with Crippen LogP contribution >= 0.6 is 11.8 Å². The highest BCUT2D eigenvalue weighted by Gasteiger charge is 2.38. The molecule has 0 radical (unpaired) electrons. The van der Waals surface area contributed by atoms with E-state index in [4.69, 9.17) is 5.73 Å². The van der Waals surface area contributed by atoms with Crippen LogP contribution in [0.4, 0.5) is 0 Å². The second-order valence-electron chi connectivity index (χ2n) is 13.4. The molecular weight excluding hydrogens is 684 g/mol. The average Bonchev–Trinajstić information content (AvgIpc) is 3.54. The molecule has 1 saturated heterocycles. The fourth-order valence-corrected chi connectivity index (χ4v) is 6.13. The Hall–Kier alpha value is -4.38. The van der Waals surface area contributed by atoms with Crippen LogP contribution in [0.1, 0.15) is 65.4 Å². The first-order valence-corrected chi connectivity index (χ1v) is 18.3. The molecule has 1 aliphatic heterocycles. The Labute approximate surface area is 302 Å². The minimum atomic E-state index is -1.64. The molecule has 51 heavy (non-hydrogen) atoms. The third-order valence-electron chi connectivity index (χ3n) is 8.37. The molecule has 1 aromatic rings. The van der Waals surface area contributed by atoms with E-state index in [2.05, 4.69) is 21.3 Å². The maximum Gasteiger partial charge on any atom is 0.326 e. The van der Waals surface area contributed by atoms with Crippen molar-refractivity contribution in [3.63, 3.8) is 0 Å². The summed E-state index contributed by atoms with van der Waals surface area (Å²) < 4.78 is 0. The normalized spacial score (nSPS) is 17.2. The van der Waals surface area contributed by atoms with Gasteiger partial charge in [0.2, 0.25) is 29.5 Å². The van der Waals surface area contributed by atoms with E-state index in [-0.39, 0.29) is 37.5 Å². The smallest absolute Gasteiger partial charge is 0.326 e. The molecule has 0 saturated carbocycles. The van der Waals surface area contributed by atoms with Gasteiger partial charge in [0, 0.05) is 6.54 Å². The Morgan fingerprint density at radius 1 is 0.882 bits per heavy atom. The molecular formula is C34H52N6O10S. The second-order valence-corrected chi connectivity index (χ2v) is 14.4. The lowest BCUT2D eigenvalue weighted by Gasteiger charge is -2.29. The molecule has 1 heterocycles. The van der Waals surface area contributed by atoms with Crippen LogP contribution in [-0.4, -0.2) is 116 Å². The number of aliphatic carboxylic acids is 2. The number of nitrogens with two attached hydrogens (primary N) is 1. The van der Waals surface area contributed by atoms with Gasteiger partial charge in [-0.1, -0.05) is 39.8 Å². The number of carboxylic acids is 2. The van der Waals surface area contributed by atoms with Crippen molar-refractivity contribution in [1.29, 1.82) is 0 Å². The summed E-state index contributed by atoms with van der Waals surface area (Å²) in [5, 5.41) is 38.6.